The molecule has 0 spiro atoms. The van der Waals surface area contributed by atoms with E-state index < -0.39 is 9.85 Å². The third-order valence-electron chi connectivity index (χ3n) is 5.49. The van der Waals surface area contributed by atoms with Crippen molar-refractivity contribution < 1.29 is 9.85 Å². The standard InChI is InChI=1S/C20H23N5O4/c1-11-12(2)19-15(8-9-20(4,5)21-19)13(3)18(11)23-22-16-10-14(24(26)27)6-7-17(16)25(28)29/h6-7,10,21H,8-9H2,1-5H3. The summed E-state index contributed by atoms with van der Waals surface area (Å²) in [4.78, 5) is 21.1. The SMILES string of the molecule is Cc1c(C)c2c(c(C)c1N=Nc1cc([N+](=O)[O-])ccc1[N+](=O)[O-])CCC(C)(C)N2. The van der Waals surface area contributed by atoms with Crippen LogP contribution < -0.4 is 5.32 Å². The lowest BCUT2D eigenvalue weighted by atomic mass is 9.84. The smallest absolute Gasteiger partial charge is 0.297 e. The summed E-state index contributed by atoms with van der Waals surface area (Å²) < 4.78 is 0. The summed E-state index contributed by atoms with van der Waals surface area (Å²) in [5.74, 6) is 0. The highest BCUT2D eigenvalue weighted by atomic mass is 16.6. The Morgan fingerprint density at radius 3 is 2.31 bits per heavy atom. The molecular weight excluding hydrogens is 374 g/mol. The summed E-state index contributed by atoms with van der Waals surface area (Å²) in [6.07, 6.45) is 1.86. The lowest BCUT2D eigenvalue weighted by Crippen LogP contribution is -2.36. The van der Waals surface area contributed by atoms with Gasteiger partial charge in [-0.25, -0.2) is 0 Å². The monoisotopic (exact) mass is 397 g/mol. The Bertz CT molecular complexity index is 1060. The van der Waals surface area contributed by atoms with Crippen LogP contribution in [0.5, 0.6) is 0 Å². The van der Waals surface area contributed by atoms with Gasteiger partial charge >= 0.3 is 0 Å². The van der Waals surface area contributed by atoms with E-state index in [1.807, 2.05) is 20.8 Å². The van der Waals surface area contributed by atoms with Crippen LogP contribution in [0.15, 0.2) is 28.4 Å². The molecule has 2 aromatic rings. The quantitative estimate of drug-likeness (QED) is 0.386. The predicted octanol–water partition coefficient (Wildman–Crippen LogP) is 5.98. The van der Waals surface area contributed by atoms with Crippen molar-refractivity contribution in [2.45, 2.75) is 53.0 Å². The van der Waals surface area contributed by atoms with E-state index in [-0.39, 0.29) is 22.6 Å². The molecule has 0 aromatic heterocycles. The van der Waals surface area contributed by atoms with Gasteiger partial charge in [-0.3, -0.25) is 20.2 Å². The first-order valence-corrected chi connectivity index (χ1v) is 9.27. The number of fused-ring (bicyclic) bond motifs is 1. The summed E-state index contributed by atoms with van der Waals surface area (Å²) in [5, 5.41) is 34.2. The Morgan fingerprint density at radius 2 is 1.69 bits per heavy atom. The van der Waals surface area contributed by atoms with Crippen LogP contribution in [0.2, 0.25) is 0 Å². The molecule has 152 valence electrons. The summed E-state index contributed by atoms with van der Waals surface area (Å²) in [7, 11) is 0. The maximum Gasteiger partial charge on any atom is 0.297 e. The molecule has 3 rings (SSSR count). The number of non-ortho nitro benzene ring substituents is 1. The van der Waals surface area contributed by atoms with Crippen LogP contribution in [-0.4, -0.2) is 15.4 Å². The number of azo groups is 1. The molecule has 1 N–H and O–H groups in total. The summed E-state index contributed by atoms with van der Waals surface area (Å²) >= 11 is 0. The number of benzene rings is 2. The molecule has 0 unspecified atom stereocenters. The highest BCUT2D eigenvalue weighted by Crippen LogP contribution is 2.42. The topological polar surface area (TPSA) is 123 Å². The molecule has 1 aliphatic rings. The van der Waals surface area contributed by atoms with E-state index in [0.29, 0.717) is 5.69 Å². The molecule has 0 amide bonds. The molecule has 1 aliphatic heterocycles. The van der Waals surface area contributed by atoms with E-state index in [1.165, 1.54) is 0 Å². The zero-order valence-corrected chi connectivity index (χ0v) is 17.1. The first-order valence-electron chi connectivity index (χ1n) is 9.27. The highest BCUT2D eigenvalue weighted by Gasteiger charge is 2.28. The summed E-state index contributed by atoms with van der Waals surface area (Å²) in [6, 6.07) is 3.24. The fraction of sp³-hybridized carbons (Fsp3) is 0.400. The number of nitro groups is 2. The van der Waals surface area contributed by atoms with E-state index in [0.717, 1.165) is 59.0 Å². The number of anilines is 1. The Morgan fingerprint density at radius 1 is 1.00 bits per heavy atom. The van der Waals surface area contributed by atoms with Crippen LogP contribution in [0, 0.1) is 41.0 Å². The lowest BCUT2D eigenvalue weighted by Gasteiger charge is -2.36. The van der Waals surface area contributed by atoms with Gasteiger partial charge in [-0.05, 0) is 69.7 Å². The maximum atomic E-state index is 11.3. The number of nitrogens with one attached hydrogen (secondary N) is 1. The predicted molar refractivity (Wildman–Crippen MR) is 111 cm³/mol. The van der Waals surface area contributed by atoms with E-state index in [9.17, 15) is 20.2 Å². The van der Waals surface area contributed by atoms with Crippen LogP contribution >= 0.6 is 0 Å². The van der Waals surface area contributed by atoms with Gasteiger partial charge in [0.15, 0.2) is 5.69 Å². The van der Waals surface area contributed by atoms with Crippen molar-refractivity contribution in [3.05, 3.63) is 60.7 Å². The third kappa shape index (κ3) is 3.80. The van der Waals surface area contributed by atoms with Gasteiger partial charge in [-0.2, -0.15) is 0 Å². The maximum absolute atomic E-state index is 11.3. The van der Waals surface area contributed by atoms with Crippen LogP contribution in [0.1, 0.15) is 42.5 Å². The second-order valence-corrected chi connectivity index (χ2v) is 7.97. The molecular formula is C20H23N5O4. The normalized spacial score (nSPS) is 15.1. The van der Waals surface area contributed by atoms with Gasteiger partial charge in [-0.1, -0.05) is 0 Å². The van der Waals surface area contributed by atoms with E-state index in [4.69, 9.17) is 0 Å². The van der Waals surface area contributed by atoms with Crippen LogP contribution in [-0.2, 0) is 6.42 Å². The molecule has 0 bridgehead atoms. The fourth-order valence-electron chi connectivity index (χ4n) is 3.64. The van der Waals surface area contributed by atoms with Crippen LogP contribution in [0.25, 0.3) is 0 Å². The molecule has 0 atom stereocenters. The molecule has 0 aliphatic carbocycles. The molecule has 0 saturated carbocycles. The highest BCUT2D eigenvalue weighted by molar-refractivity contribution is 5.73. The van der Waals surface area contributed by atoms with Gasteiger partial charge < -0.3 is 5.32 Å². The fourth-order valence-corrected chi connectivity index (χ4v) is 3.64. The van der Waals surface area contributed by atoms with Crippen molar-refractivity contribution in [1.82, 2.24) is 0 Å². The van der Waals surface area contributed by atoms with Crippen molar-refractivity contribution >= 4 is 28.4 Å². The summed E-state index contributed by atoms with van der Waals surface area (Å²) in [6.45, 7) is 10.2. The largest absolute Gasteiger partial charge is 0.380 e. The van der Waals surface area contributed by atoms with Gasteiger partial charge in [0.1, 0.15) is 0 Å². The molecule has 2 aromatic carbocycles. The van der Waals surface area contributed by atoms with E-state index >= 15 is 0 Å². The number of nitrogens with zero attached hydrogens (tertiary/aromatic N) is 4. The van der Waals surface area contributed by atoms with Crippen molar-refractivity contribution in [3.8, 4) is 0 Å². The zero-order valence-electron chi connectivity index (χ0n) is 17.1. The van der Waals surface area contributed by atoms with Crippen molar-refractivity contribution in [1.29, 1.82) is 0 Å². The Kier molecular flexibility index (Phi) is 5.08. The second kappa shape index (κ2) is 7.23. The first kappa shape index (κ1) is 20.4. The molecule has 1 heterocycles. The van der Waals surface area contributed by atoms with Crippen molar-refractivity contribution in [2.24, 2.45) is 10.2 Å². The molecule has 0 saturated heterocycles. The van der Waals surface area contributed by atoms with E-state index in [1.54, 1.807) is 0 Å². The first-order chi connectivity index (χ1) is 13.5. The zero-order chi connectivity index (χ0) is 21.5. The second-order valence-electron chi connectivity index (χ2n) is 7.97. The van der Waals surface area contributed by atoms with Crippen LogP contribution in [0.3, 0.4) is 0 Å². The lowest BCUT2D eigenvalue weighted by molar-refractivity contribution is -0.388. The Hall–Kier alpha value is -3.36. The average molecular weight is 397 g/mol. The van der Waals surface area contributed by atoms with Crippen LogP contribution in [0.4, 0.5) is 28.4 Å². The van der Waals surface area contributed by atoms with Gasteiger partial charge in [0, 0.05) is 23.4 Å². The molecule has 0 fully saturated rings. The minimum Gasteiger partial charge on any atom is -0.380 e. The average Bonchev–Trinajstić information content (AvgIpc) is 2.65. The molecule has 9 nitrogen and oxygen atoms in total. The van der Waals surface area contributed by atoms with Gasteiger partial charge in [-0.15, -0.1) is 10.2 Å². The van der Waals surface area contributed by atoms with E-state index in [2.05, 4.69) is 29.4 Å². The Balaban J connectivity index is 2.11. The third-order valence-corrected chi connectivity index (χ3v) is 5.49. The minimum absolute atomic E-state index is 0.00323. The Labute approximate surface area is 168 Å². The minimum atomic E-state index is -0.623. The molecule has 29 heavy (non-hydrogen) atoms. The summed E-state index contributed by atoms with van der Waals surface area (Å²) in [5.41, 5.74) is 5.11. The van der Waals surface area contributed by atoms with Crippen molar-refractivity contribution in [2.75, 3.05) is 5.32 Å². The van der Waals surface area contributed by atoms with Crippen molar-refractivity contribution in [3.63, 3.8) is 0 Å². The van der Waals surface area contributed by atoms with Gasteiger partial charge in [0.25, 0.3) is 11.4 Å². The number of hydrogen-bond acceptors (Lipinski definition) is 7. The molecule has 0 radical (unpaired) electrons. The number of hydrogen-bond donors (Lipinski definition) is 1. The number of nitro benzene ring substituents is 2. The number of rotatable bonds is 4. The molecule has 9 heteroatoms. The van der Waals surface area contributed by atoms with Gasteiger partial charge in [0.2, 0.25) is 0 Å². The van der Waals surface area contributed by atoms with Gasteiger partial charge in [0.05, 0.1) is 21.6 Å².